The fourth-order valence-corrected chi connectivity index (χ4v) is 3.27. The van der Waals surface area contributed by atoms with Crippen molar-refractivity contribution in [1.82, 2.24) is 9.72 Å². The largest absolute Gasteiger partial charge is 0.482 e. The van der Waals surface area contributed by atoms with Crippen LogP contribution in [0.1, 0.15) is 33.1 Å². The monoisotopic (exact) mass is 377 g/mol. The number of ketones is 1. The van der Waals surface area contributed by atoms with Gasteiger partial charge < -0.3 is 14.6 Å². The van der Waals surface area contributed by atoms with E-state index in [1.54, 1.807) is 24.3 Å². The van der Waals surface area contributed by atoms with E-state index in [0.29, 0.717) is 22.8 Å². The molecule has 4 rings (SSSR count). The second-order valence-corrected chi connectivity index (χ2v) is 6.70. The third-order valence-corrected chi connectivity index (χ3v) is 4.63. The molecule has 0 radical (unpaired) electrons. The predicted molar refractivity (Wildman–Crippen MR) is 104 cm³/mol. The molecule has 7 nitrogen and oxygen atoms in total. The fourth-order valence-electron chi connectivity index (χ4n) is 3.27. The number of hydrogen-bond donors (Lipinski definition) is 1. The quantitative estimate of drug-likeness (QED) is 0.554. The van der Waals surface area contributed by atoms with Crippen LogP contribution in [0, 0.1) is 20.8 Å². The summed E-state index contributed by atoms with van der Waals surface area (Å²) in [7, 11) is 0. The van der Waals surface area contributed by atoms with Crippen LogP contribution in [0.3, 0.4) is 0 Å². The van der Waals surface area contributed by atoms with E-state index in [2.05, 4.69) is 10.5 Å². The number of benzene rings is 1. The van der Waals surface area contributed by atoms with Gasteiger partial charge >= 0.3 is 0 Å². The Balaban J connectivity index is 1.59. The normalized spacial score (nSPS) is 13.3. The SMILES string of the molecule is Cc1cc(-n2c(C)cc(/C=C/C(=O)c3ccc4c(c3)NC(=O)CO4)c2C)no1. The van der Waals surface area contributed by atoms with Crippen LogP contribution in [0.2, 0.25) is 0 Å². The Hall–Kier alpha value is -3.61. The smallest absolute Gasteiger partial charge is 0.262 e. The number of aryl methyl sites for hydroxylation is 2. The van der Waals surface area contributed by atoms with Gasteiger partial charge in [-0.2, -0.15) is 0 Å². The van der Waals surface area contributed by atoms with Crippen molar-refractivity contribution in [2.75, 3.05) is 11.9 Å². The Morgan fingerprint density at radius 2 is 2.04 bits per heavy atom. The topological polar surface area (TPSA) is 86.4 Å². The van der Waals surface area contributed by atoms with Gasteiger partial charge in [0.15, 0.2) is 18.2 Å². The lowest BCUT2D eigenvalue weighted by Crippen LogP contribution is -2.25. The molecule has 7 heteroatoms. The number of hydrogen-bond acceptors (Lipinski definition) is 5. The van der Waals surface area contributed by atoms with Crippen LogP contribution in [-0.2, 0) is 4.79 Å². The number of ether oxygens (including phenoxy) is 1. The van der Waals surface area contributed by atoms with Gasteiger partial charge in [0.25, 0.3) is 5.91 Å². The number of amides is 1. The Bertz CT molecular complexity index is 1120. The number of rotatable bonds is 4. The van der Waals surface area contributed by atoms with Gasteiger partial charge in [0.1, 0.15) is 11.5 Å². The number of fused-ring (bicyclic) bond motifs is 1. The van der Waals surface area contributed by atoms with Crippen molar-refractivity contribution in [3.8, 4) is 11.6 Å². The minimum Gasteiger partial charge on any atom is -0.482 e. The molecule has 0 saturated heterocycles. The van der Waals surface area contributed by atoms with Crippen LogP contribution < -0.4 is 10.1 Å². The zero-order chi connectivity index (χ0) is 19.8. The van der Waals surface area contributed by atoms with Crippen molar-refractivity contribution >= 4 is 23.5 Å². The highest BCUT2D eigenvalue weighted by Crippen LogP contribution is 2.29. The van der Waals surface area contributed by atoms with E-state index in [-0.39, 0.29) is 18.3 Å². The van der Waals surface area contributed by atoms with Crippen LogP contribution in [0.25, 0.3) is 11.9 Å². The maximum Gasteiger partial charge on any atom is 0.262 e. The molecule has 3 heterocycles. The first-order valence-corrected chi connectivity index (χ1v) is 8.84. The zero-order valence-corrected chi connectivity index (χ0v) is 15.8. The van der Waals surface area contributed by atoms with Crippen LogP contribution in [-0.4, -0.2) is 28.0 Å². The number of nitrogens with zero attached hydrogens (tertiary/aromatic N) is 2. The second-order valence-electron chi connectivity index (χ2n) is 6.70. The van der Waals surface area contributed by atoms with E-state index >= 15 is 0 Å². The molecule has 142 valence electrons. The van der Waals surface area contributed by atoms with Crippen molar-refractivity contribution in [1.29, 1.82) is 0 Å². The summed E-state index contributed by atoms with van der Waals surface area (Å²) in [6, 6.07) is 8.85. The third-order valence-electron chi connectivity index (χ3n) is 4.63. The maximum absolute atomic E-state index is 12.6. The van der Waals surface area contributed by atoms with Crippen molar-refractivity contribution < 1.29 is 18.8 Å². The van der Waals surface area contributed by atoms with E-state index in [1.165, 1.54) is 6.08 Å². The second kappa shape index (κ2) is 6.84. The van der Waals surface area contributed by atoms with Crippen molar-refractivity contribution in [3.63, 3.8) is 0 Å². The summed E-state index contributed by atoms with van der Waals surface area (Å²) in [5, 5.41) is 6.77. The summed E-state index contributed by atoms with van der Waals surface area (Å²) in [5.41, 5.74) is 3.85. The maximum atomic E-state index is 12.6. The van der Waals surface area contributed by atoms with Crippen molar-refractivity contribution in [2.45, 2.75) is 20.8 Å². The molecule has 0 bridgehead atoms. The average molecular weight is 377 g/mol. The molecule has 2 aromatic heterocycles. The first kappa shape index (κ1) is 17.8. The first-order chi connectivity index (χ1) is 13.4. The molecule has 1 aliphatic heterocycles. The summed E-state index contributed by atoms with van der Waals surface area (Å²) < 4.78 is 12.5. The molecule has 0 fully saturated rings. The summed E-state index contributed by atoms with van der Waals surface area (Å²) in [5.74, 6) is 1.61. The van der Waals surface area contributed by atoms with Gasteiger partial charge in [0.05, 0.1) is 5.69 Å². The lowest BCUT2D eigenvalue weighted by Gasteiger charge is -2.17. The average Bonchev–Trinajstić information content (AvgIpc) is 3.21. The minimum absolute atomic E-state index is 0.0130. The molecular weight excluding hydrogens is 358 g/mol. The number of allylic oxidation sites excluding steroid dienone is 1. The minimum atomic E-state index is -0.233. The Kier molecular flexibility index (Phi) is 4.35. The van der Waals surface area contributed by atoms with E-state index in [1.807, 2.05) is 37.5 Å². The molecule has 1 aromatic carbocycles. The zero-order valence-electron chi connectivity index (χ0n) is 15.8. The Labute approximate surface area is 161 Å². The van der Waals surface area contributed by atoms with E-state index < -0.39 is 0 Å². The molecule has 1 aliphatic rings. The summed E-state index contributed by atoms with van der Waals surface area (Å²) >= 11 is 0. The predicted octanol–water partition coefficient (Wildman–Crippen LogP) is 3.62. The van der Waals surface area contributed by atoms with Crippen LogP contribution in [0.5, 0.6) is 5.75 Å². The highest BCUT2D eigenvalue weighted by atomic mass is 16.5. The standard InChI is InChI=1S/C21H19N3O4/c1-12-8-15(14(3)24(12)20-9-13(2)28-23-20)4-6-18(25)16-5-7-19-17(10-16)22-21(26)11-27-19/h4-10H,11H2,1-3H3,(H,22,26)/b6-4+. The molecule has 1 N–H and O–H groups in total. The van der Waals surface area contributed by atoms with Gasteiger partial charge in [-0.15, -0.1) is 0 Å². The number of anilines is 1. The molecule has 0 saturated carbocycles. The van der Waals surface area contributed by atoms with Crippen LogP contribution >= 0.6 is 0 Å². The fraction of sp³-hybridized carbons (Fsp3) is 0.190. The van der Waals surface area contributed by atoms with Gasteiger partial charge in [0, 0.05) is 23.0 Å². The summed E-state index contributed by atoms with van der Waals surface area (Å²) in [4.78, 5) is 24.0. The molecule has 28 heavy (non-hydrogen) atoms. The number of aromatic nitrogens is 2. The van der Waals surface area contributed by atoms with Crippen LogP contribution in [0.4, 0.5) is 5.69 Å². The van der Waals surface area contributed by atoms with E-state index in [9.17, 15) is 9.59 Å². The number of nitrogens with one attached hydrogen (secondary N) is 1. The first-order valence-electron chi connectivity index (χ1n) is 8.84. The van der Waals surface area contributed by atoms with Crippen LogP contribution in [0.15, 0.2) is 40.9 Å². The van der Waals surface area contributed by atoms with E-state index in [4.69, 9.17) is 9.26 Å². The third kappa shape index (κ3) is 3.22. The Morgan fingerprint density at radius 3 is 2.79 bits per heavy atom. The molecule has 0 unspecified atom stereocenters. The van der Waals surface area contributed by atoms with Gasteiger partial charge in [-0.25, -0.2) is 0 Å². The number of carbonyl (C=O) groups excluding carboxylic acids is 2. The van der Waals surface area contributed by atoms with Gasteiger partial charge in [-0.3, -0.25) is 14.2 Å². The number of carbonyl (C=O) groups is 2. The molecular formula is C21H19N3O4. The van der Waals surface area contributed by atoms with E-state index in [0.717, 1.165) is 22.7 Å². The van der Waals surface area contributed by atoms with Crippen molar-refractivity contribution in [3.05, 3.63) is 64.7 Å². The molecule has 0 aliphatic carbocycles. The summed E-state index contributed by atoms with van der Waals surface area (Å²) in [6.45, 7) is 5.77. The lowest BCUT2D eigenvalue weighted by atomic mass is 10.1. The summed E-state index contributed by atoms with van der Waals surface area (Å²) in [6.07, 6.45) is 3.30. The highest BCUT2D eigenvalue weighted by Gasteiger charge is 2.17. The molecule has 0 spiro atoms. The lowest BCUT2D eigenvalue weighted by molar-refractivity contribution is -0.118. The van der Waals surface area contributed by atoms with Gasteiger partial charge in [0.2, 0.25) is 0 Å². The molecule has 3 aromatic rings. The van der Waals surface area contributed by atoms with Gasteiger partial charge in [-0.05, 0) is 62.8 Å². The highest BCUT2D eigenvalue weighted by molar-refractivity contribution is 6.08. The molecule has 0 atom stereocenters. The molecule has 1 amide bonds. The van der Waals surface area contributed by atoms with Crippen molar-refractivity contribution in [2.24, 2.45) is 0 Å². The van der Waals surface area contributed by atoms with Gasteiger partial charge in [-0.1, -0.05) is 5.16 Å². The Morgan fingerprint density at radius 1 is 1.21 bits per heavy atom.